The SMILES string of the molecule is O=C(NCCCCN1CCN(Cc2ccccc2)CC1)C1CCCN(C(=O)C2CC2)C1. The number of amides is 2. The maximum Gasteiger partial charge on any atom is 0.225 e. The summed E-state index contributed by atoms with van der Waals surface area (Å²) in [5.74, 6) is 0.653. The molecule has 6 nitrogen and oxygen atoms in total. The Morgan fingerprint density at radius 2 is 1.61 bits per heavy atom. The monoisotopic (exact) mass is 426 g/mol. The standard InChI is InChI=1S/C25H38N4O2/c30-24(23-9-6-14-29(20-23)25(31)22-10-11-22)26-12-4-5-13-27-15-17-28(18-16-27)19-21-7-2-1-3-8-21/h1-3,7-8,22-23H,4-6,9-20H2,(H,26,30). The second-order valence-corrected chi connectivity index (χ2v) is 9.50. The highest BCUT2D eigenvalue weighted by Crippen LogP contribution is 2.32. The van der Waals surface area contributed by atoms with Crippen LogP contribution in [0.25, 0.3) is 0 Å². The lowest BCUT2D eigenvalue weighted by Gasteiger charge is -2.34. The van der Waals surface area contributed by atoms with Crippen LogP contribution in [0.2, 0.25) is 0 Å². The smallest absolute Gasteiger partial charge is 0.225 e. The van der Waals surface area contributed by atoms with E-state index in [0.29, 0.717) is 6.54 Å². The van der Waals surface area contributed by atoms with E-state index in [0.717, 1.165) is 90.9 Å². The van der Waals surface area contributed by atoms with Gasteiger partial charge in [-0.1, -0.05) is 30.3 Å². The first kappa shape index (κ1) is 22.3. The third-order valence-electron chi connectivity index (χ3n) is 6.94. The summed E-state index contributed by atoms with van der Waals surface area (Å²) in [5, 5.41) is 3.13. The zero-order valence-corrected chi connectivity index (χ0v) is 18.8. The molecule has 1 aromatic carbocycles. The first-order valence-electron chi connectivity index (χ1n) is 12.2. The first-order valence-corrected chi connectivity index (χ1v) is 12.2. The molecule has 0 bridgehead atoms. The molecule has 1 aliphatic carbocycles. The van der Waals surface area contributed by atoms with E-state index in [1.807, 2.05) is 4.90 Å². The number of unbranched alkanes of at least 4 members (excludes halogenated alkanes) is 1. The number of carbonyl (C=O) groups is 2. The van der Waals surface area contributed by atoms with Crippen LogP contribution in [0.4, 0.5) is 0 Å². The fraction of sp³-hybridized carbons (Fsp3) is 0.680. The van der Waals surface area contributed by atoms with Gasteiger partial charge in [0, 0.05) is 58.3 Å². The predicted octanol–water partition coefficient (Wildman–Crippen LogP) is 2.35. The second-order valence-electron chi connectivity index (χ2n) is 9.50. The summed E-state index contributed by atoms with van der Waals surface area (Å²) < 4.78 is 0. The minimum absolute atomic E-state index is 0.0193. The molecule has 4 rings (SSSR count). The van der Waals surface area contributed by atoms with Crippen molar-refractivity contribution in [2.75, 3.05) is 52.4 Å². The summed E-state index contributed by atoms with van der Waals surface area (Å²) in [4.78, 5) is 31.8. The van der Waals surface area contributed by atoms with Crippen LogP contribution in [0.1, 0.15) is 44.1 Å². The van der Waals surface area contributed by atoms with Crippen molar-refractivity contribution < 1.29 is 9.59 Å². The summed E-state index contributed by atoms with van der Waals surface area (Å²) in [6.45, 7) is 8.88. The molecule has 3 aliphatic rings. The fourth-order valence-electron chi connectivity index (χ4n) is 4.81. The Balaban J connectivity index is 1.05. The number of hydrogen-bond acceptors (Lipinski definition) is 4. The van der Waals surface area contributed by atoms with Gasteiger partial charge >= 0.3 is 0 Å². The highest BCUT2D eigenvalue weighted by atomic mass is 16.2. The molecule has 6 heteroatoms. The molecule has 0 spiro atoms. The fourth-order valence-corrected chi connectivity index (χ4v) is 4.81. The molecular formula is C25H38N4O2. The number of rotatable bonds is 9. The predicted molar refractivity (Wildman–Crippen MR) is 122 cm³/mol. The summed E-state index contributed by atoms with van der Waals surface area (Å²) in [6.07, 6.45) is 6.08. The van der Waals surface area contributed by atoms with Crippen molar-refractivity contribution in [1.29, 1.82) is 0 Å². The topological polar surface area (TPSA) is 55.9 Å². The van der Waals surface area contributed by atoms with Crippen LogP contribution < -0.4 is 5.32 Å². The van der Waals surface area contributed by atoms with Crippen molar-refractivity contribution in [3.63, 3.8) is 0 Å². The van der Waals surface area contributed by atoms with Crippen LogP contribution in [0.15, 0.2) is 30.3 Å². The van der Waals surface area contributed by atoms with E-state index < -0.39 is 0 Å². The van der Waals surface area contributed by atoms with Crippen LogP contribution in [0, 0.1) is 11.8 Å². The Kier molecular flexibility index (Phi) is 7.97. The van der Waals surface area contributed by atoms with Crippen molar-refractivity contribution in [3.05, 3.63) is 35.9 Å². The lowest BCUT2D eigenvalue weighted by atomic mass is 9.96. The van der Waals surface area contributed by atoms with Crippen molar-refractivity contribution in [2.24, 2.45) is 11.8 Å². The molecule has 2 heterocycles. The largest absolute Gasteiger partial charge is 0.356 e. The van der Waals surface area contributed by atoms with Gasteiger partial charge in [0.2, 0.25) is 11.8 Å². The Morgan fingerprint density at radius 3 is 2.35 bits per heavy atom. The zero-order chi connectivity index (χ0) is 21.5. The van der Waals surface area contributed by atoms with Crippen molar-refractivity contribution in [3.8, 4) is 0 Å². The molecule has 1 saturated carbocycles. The molecule has 3 fully saturated rings. The van der Waals surface area contributed by atoms with Crippen molar-refractivity contribution >= 4 is 11.8 Å². The average Bonchev–Trinajstić information content (AvgIpc) is 3.66. The molecule has 0 aromatic heterocycles. The van der Waals surface area contributed by atoms with E-state index in [1.165, 1.54) is 5.56 Å². The van der Waals surface area contributed by atoms with E-state index in [9.17, 15) is 9.59 Å². The third kappa shape index (κ3) is 6.78. The third-order valence-corrected chi connectivity index (χ3v) is 6.94. The highest BCUT2D eigenvalue weighted by molar-refractivity contribution is 5.83. The molecule has 2 amide bonds. The zero-order valence-electron chi connectivity index (χ0n) is 18.8. The lowest BCUT2D eigenvalue weighted by Crippen LogP contribution is -2.46. The van der Waals surface area contributed by atoms with E-state index in [1.54, 1.807) is 0 Å². The Labute approximate surface area is 187 Å². The van der Waals surface area contributed by atoms with Crippen LogP contribution in [0.3, 0.4) is 0 Å². The van der Waals surface area contributed by atoms with Gasteiger partial charge in [0.25, 0.3) is 0 Å². The van der Waals surface area contributed by atoms with Crippen LogP contribution in [0.5, 0.6) is 0 Å². The van der Waals surface area contributed by atoms with Gasteiger partial charge in [-0.05, 0) is 50.6 Å². The number of piperidine rings is 1. The molecular weight excluding hydrogens is 388 g/mol. The number of carbonyl (C=O) groups excluding carboxylic acids is 2. The number of likely N-dealkylation sites (tertiary alicyclic amines) is 1. The van der Waals surface area contributed by atoms with Crippen LogP contribution in [-0.2, 0) is 16.1 Å². The Hall–Kier alpha value is -1.92. The number of nitrogens with zero attached hydrogens (tertiary/aromatic N) is 3. The van der Waals surface area contributed by atoms with E-state index in [4.69, 9.17) is 0 Å². The highest BCUT2D eigenvalue weighted by Gasteiger charge is 2.36. The summed E-state index contributed by atoms with van der Waals surface area (Å²) >= 11 is 0. The van der Waals surface area contributed by atoms with Gasteiger partial charge in [-0.15, -0.1) is 0 Å². The van der Waals surface area contributed by atoms with E-state index in [2.05, 4.69) is 45.4 Å². The molecule has 1 N–H and O–H groups in total. The van der Waals surface area contributed by atoms with Gasteiger partial charge in [0.15, 0.2) is 0 Å². The molecule has 2 saturated heterocycles. The van der Waals surface area contributed by atoms with Crippen molar-refractivity contribution in [1.82, 2.24) is 20.0 Å². The van der Waals surface area contributed by atoms with Crippen molar-refractivity contribution in [2.45, 2.75) is 45.1 Å². The molecule has 170 valence electrons. The van der Waals surface area contributed by atoms with Gasteiger partial charge in [0.1, 0.15) is 0 Å². The number of benzene rings is 1. The molecule has 1 aromatic rings. The van der Waals surface area contributed by atoms with Gasteiger partial charge in [-0.25, -0.2) is 0 Å². The van der Waals surface area contributed by atoms with E-state index >= 15 is 0 Å². The Bertz CT molecular complexity index is 713. The van der Waals surface area contributed by atoms with Gasteiger partial charge in [-0.2, -0.15) is 0 Å². The quantitative estimate of drug-likeness (QED) is 0.616. The molecule has 1 atom stereocenters. The van der Waals surface area contributed by atoms with Gasteiger partial charge in [-0.3, -0.25) is 14.5 Å². The maximum absolute atomic E-state index is 12.5. The molecule has 0 radical (unpaired) electrons. The second kappa shape index (κ2) is 11.1. The Morgan fingerprint density at radius 1 is 0.871 bits per heavy atom. The molecule has 31 heavy (non-hydrogen) atoms. The normalized spacial score (nSPS) is 23.0. The van der Waals surface area contributed by atoms with Gasteiger partial charge < -0.3 is 15.1 Å². The molecule has 1 unspecified atom stereocenters. The average molecular weight is 427 g/mol. The summed E-state index contributed by atoms with van der Waals surface area (Å²) in [7, 11) is 0. The number of piperazine rings is 1. The number of nitrogens with one attached hydrogen (secondary N) is 1. The molecule has 2 aliphatic heterocycles. The van der Waals surface area contributed by atoms with Crippen LogP contribution in [-0.4, -0.2) is 78.9 Å². The minimum Gasteiger partial charge on any atom is -0.356 e. The van der Waals surface area contributed by atoms with Gasteiger partial charge in [0.05, 0.1) is 5.92 Å². The maximum atomic E-state index is 12.5. The van der Waals surface area contributed by atoms with E-state index in [-0.39, 0.29) is 23.7 Å². The minimum atomic E-state index is -0.0193. The number of hydrogen-bond donors (Lipinski definition) is 1. The van der Waals surface area contributed by atoms with Crippen LogP contribution >= 0.6 is 0 Å². The summed E-state index contributed by atoms with van der Waals surface area (Å²) in [5.41, 5.74) is 1.39. The first-order chi connectivity index (χ1) is 15.2. The summed E-state index contributed by atoms with van der Waals surface area (Å²) in [6, 6.07) is 10.7. The lowest BCUT2D eigenvalue weighted by molar-refractivity contribution is -0.136.